The summed E-state index contributed by atoms with van der Waals surface area (Å²) in [5.74, 6) is -1.41. The first-order valence-electron chi connectivity index (χ1n) is 8.68. The van der Waals surface area contributed by atoms with Crippen LogP contribution in [0.2, 0.25) is 0 Å². The van der Waals surface area contributed by atoms with Gasteiger partial charge in [0.25, 0.3) is 5.91 Å². The number of carboxylic acid groups (broad SMARTS) is 1. The third-order valence-corrected chi connectivity index (χ3v) is 5.95. The predicted octanol–water partition coefficient (Wildman–Crippen LogP) is 2.56. The van der Waals surface area contributed by atoms with Crippen LogP contribution in [0, 0.1) is 0 Å². The molecule has 3 heterocycles. The highest BCUT2D eigenvalue weighted by Gasteiger charge is 2.50. The van der Waals surface area contributed by atoms with Crippen LogP contribution in [-0.4, -0.2) is 50.8 Å². The zero-order chi connectivity index (χ0) is 19.0. The number of hydrogen-bond donors (Lipinski definition) is 1. The van der Waals surface area contributed by atoms with E-state index >= 15 is 0 Å². The SMILES string of the molecule is O=C(O)C1=CSC2/C(=C\C3CCCN3C(=O)OCc3ccccc3)C(=O)N12. The molecule has 7 nitrogen and oxygen atoms in total. The van der Waals surface area contributed by atoms with Crippen LogP contribution in [0.25, 0.3) is 0 Å². The van der Waals surface area contributed by atoms with Crippen LogP contribution in [0.5, 0.6) is 0 Å². The van der Waals surface area contributed by atoms with Crippen molar-refractivity contribution in [3.8, 4) is 0 Å². The van der Waals surface area contributed by atoms with Gasteiger partial charge in [0.15, 0.2) is 0 Å². The number of carbonyl (C=O) groups is 3. The van der Waals surface area contributed by atoms with E-state index in [1.807, 2.05) is 30.3 Å². The van der Waals surface area contributed by atoms with Crippen molar-refractivity contribution >= 4 is 29.7 Å². The lowest BCUT2D eigenvalue weighted by Gasteiger charge is -2.38. The van der Waals surface area contributed by atoms with Crippen LogP contribution in [0.1, 0.15) is 18.4 Å². The van der Waals surface area contributed by atoms with E-state index in [1.165, 1.54) is 22.1 Å². The van der Waals surface area contributed by atoms with E-state index in [-0.39, 0.29) is 29.6 Å². The molecule has 27 heavy (non-hydrogen) atoms. The van der Waals surface area contributed by atoms with E-state index in [2.05, 4.69) is 0 Å². The first-order chi connectivity index (χ1) is 13.1. The van der Waals surface area contributed by atoms with Gasteiger partial charge in [0.2, 0.25) is 0 Å². The minimum absolute atomic E-state index is 0.0118. The van der Waals surface area contributed by atoms with Gasteiger partial charge in [-0.25, -0.2) is 9.59 Å². The molecule has 8 heteroatoms. The van der Waals surface area contributed by atoms with Crippen molar-refractivity contribution in [3.63, 3.8) is 0 Å². The van der Waals surface area contributed by atoms with E-state index in [1.54, 1.807) is 11.0 Å². The number of β-lactam (4-membered cyclic amide) rings is 1. The van der Waals surface area contributed by atoms with Gasteiger partial charge >= 0.3 is 12.1 Å². The molecule has 2 unspecified atom stereocenters. The molecule has 2 saturated heterocycles. The first kappa shape index (κ1) is 17.7. The second-order valence-electron chi connectivity index (χ2n) is 6.54. The van der Waals surface area contributed by atoms with Gasteiger partial charge in [-0.05, 0) is 18.4 Å². The van der Waals surface area contributed by atoms with Gasteiger partial charge in [-0.3, -0.25) is 9.69 Å². The predicted molar refractivity (Wildman–Crippen MR) is 98.4 cm³/mol. The Labute approximate surface area is 160 Å². The largest absolute Gasteiger partial charge is 0.477 e. The Hall–Kier alpha value is -2.74. The fraction of sp³-hybridized carbons (Fsp3) is 0.316. The lowest BCUT2D eigenvalue weighted by atomic mass is 10.0. The molecule has 140 valence electrons. The summed E-state index contributed by atoms with van der Waals surface area (Å²) >= 11 is 1.30. The highest BCUT2D eigenvalue weighted by Crippen LogP contribution is 2.45. The highest BCUT2D eigenvalue weighted by atomic mass is 32.2. The molecular weight excluding hydrogens is 368 g/mol. The van der Waals surface area contributed by atoms with Crippen LogP contribution in [0.4, 0.5) is 4.79 Å². The third kappa shape index (κ3) is 3.21. The van der Waals surface area contributed by atoms with Gasteiger partial charge in [0.05, 0.1) is 6.04 Å². The third-order valence-electron chi connectivity index (χ3n) is 4.86. The standard InChI is InChI=1S/C19H18N2O5S/c22-16-14(17-21(16)15(11-27-17)18(23)24)9-13-7-4-8-20(13)19(25)26-10-12-5-2-1-3-6-12/h1-3,5-6,9,11,13,17H,4,7-8,10H2,(H,23,24)/b14-9-. The number of aliphatic carboxylic acids is 1. The van der Waals surface area contributed by atoms with Gasteiger partial charge < -0.3 is 14.7 Å². The number of nitrogens with zero attached hydrogens (tertiary/aromatic N) is 2. The number of carboxylic acids is 1. The number of benzene rings is 1. The molecule has 0 spiro atoms. The Balaban J connectivity index is 1.41. The van der Waals surface area contributed by atoms with Crippen molar-refractivity contribution in [2.75, 3.05) is 6.54 Å². The topological polar surface area (TPSA) is 87.1 Å². The molecule has 4 rings (SSSR count). The van der Waals surface area contributed by atoms with E-state index in [9.17, 15) is 14.4 Å². The molecule has 0 aliphatic carbocycles. The van der Waals surface area contributed by atoms with Crippen molar-refractivity contribution in [2.45, 2.75) is 30.9 Å². The lowest BCUT2D eigenvalue weighted by molar-refractivity contribution is -0.141. The molecule has 2 fully saturated rings. The molecule has 0 aromatic heterocycles. The summed E-state index contributed by atoms with van der Waals surface area (Å²) in [4.78, 5) is 38.9. The summed E-state index contributed by atoms with van der Waals surface area (Å²) in [6.45, 7) is 0.785. The number of amides is 2. The van der Waals surface area contributed by atoms with Crippen molar-refractivity contribution in [3.05, 3.63) is 58.6 Å². The maximum absolute atomic E-state index is 12.5. The van der Waals surface area contributed by atoms with E-state index in [0.29, 0.717) is 12.1 Å². The zero-order valence-corrected chi connectivity index (χ0v) is 15.2. The smallest absolute Gasteiger partial charge is 0.410 e. The summed E-state index contributed by atoms with van der Waals surface area (Å²) in [5, 5.41) is 10.3. The van der Waals surface area contributed by atoms with Crippen LogP contribution >= 0.6 is 11.8 Å². The average molecular weight is 386 g/mol. The van der Waals surface area contributed by atoms with Gasteiger partial charge in [-0.1, -0.05) is 36.4 Å². The first-order valence-corrected chi connectivity index (χ1v) is 9.62. The van der Waals surface area contributed by atoms with Crippen molar-refractivity contribution in [2.24, 2.45) is 0 Å². The number of thioether (sulfide) groups is 1. The van der Waals surface area contributed by atoms with Crippen LogP contribution in [-0.2, 0) is 20.9 Å². The van der Waals surface area contributed by atoms with Gasteiger partial charge in [-0.2, -0.15) is 0 Å². The maximum Gasteiger partial charge on any atom is 0.410 e. The fourth-order valence-corrected chi connectivity index (χ4v) is 4.62. The number of ether oxygens (including phenoxy) is 1. The van der Waals surface area contributed by atoms with Crippen LogP contribution in [0.3, 0.4) is 0 Å². The average Bonchev–Trinajstić information content (AvgIpc) is 3.29. The number of hydrogen-bond acceptors (Lipinski definition) is 5. The number of rotatable bonds is 4. The summed E-state index contributed by atoms with van der Waals surface area (Å²) in [7, 11) is 0. The zero-order valence-electron chi connectivity index (χ0n) is 14.4. The monoisotopic (exact) mass is 386 g/mol. The molecule has 2 atom stereocenters. The fourth-order valence-electron chi connectivity index (χ4n) is 3.49. The number of likely N-dealkylation sites (tertiary alicyclic amines) is 1. The Bertz CT molecular complexity index is 851. The van der Waals surface area contributed by atoms with Gasteiger partial charge in [0, 0.05) is 17.5 Å². The Morgan fingerprint density at radius 2 is 2.07 bits per heavy atom. The summed E-state index contributed by atoms with van der Waals surface area (Å²) in [6, 6.07) is 9.26. The number of fused-ring (bicyclic) bond motifs is 1. The minimum Gasteiger partial charge on any atom is -0.477 e. The maximum atomic E-state index is 12.5. The van der Waals surface area contributed by atoms with E-state index in [4.69, 9.17) is 9.84 Å². The summed E-state index contributed by atoms with van der Waals surface area (Å²) in [5.41, 5.74) is 1.48. The molecular formula is C19H18N2O5S. The second kappa shape index (κ2) is 7.11. The minimum atomic E-state index is -1.11. The molecule has 3 aliphatic rings. The highest BCUT2D eigenvalue weighted by molar-refractivity contribution is 8.03. The number of carbonyl (C=O) groups excluding carboxylic acids is 2. The molecule has 0 bridgehead atoms. The Morgan fingerprint density at radius 1 is 1.30 bits per heavy atom. The van der Waals surface area contributed by atoms with E-state index < -0.39 is 12.1 Å². The van der Waals surface area contributed by atoms with Crippen molar-refractivity contribution < 1.29 is 24.2 Å². The molecule has 3 aliphatic heterocycles. The summed E-state index contributed by atoms with van der Waals surface area (Å²) in [6.07, 6.45) is 2.99. The lowest BCUT2D eigenvalue weighted by Crippen LogP contribution is -2.52. The molecule has 2 amide bonds. The van der Waals surface area contributed by atoms with Crippen molar-refractivity contribution in [1.82, 2.24) is 9.80 Å². The normalized spacial score (nSPS) is 25.3. The second-order valence-corrected chi connectivity index (χ2v) is 7.49. The van der Waals surface area contributed by atoms with Crippen LogP contribution in [0.15, 0.2) is 53.1 Å². The molecule has 1 aromatic carbocycles. The Kier molecular flexibility index (Phi) is 4.65. The summed E-state index contributed by atoms with van der Waals surface area (Å²) < 4.78 is 5.41. The van der Waals surface area contributed by atoms with Gasteiger partial charge in [-0.15, -0.1) is 11.8 Å². The van der Waals surface area contributed by atoms with Crippen LogP contribution < -0.4 is 0 Å². The molecule has 1 N–H and O–H groups in total. The Morgan fingerprint density at radius 3 is 2.81 bits per heavy atom. The van der Waals surface area contributed by atoms with E-state index in [0.717, 1.165) is 18.4 Å². The van der Waals surface area contributed by atoms with Crippen molar-refractivity contribution in [1.29, 1.82) is 0 Å². The quantitative estimate of drug-likeness (QED) is 0.632. The molecule has 0 radical (unpaired) electrons. The molecule has 0 saturated carbocycles. The van der Waals surface area contributed by atoms with Gasteiger partial charge in [0.1, 0.15) is 17.7 Å². The molecule has 1 aromatic rings.